The third-order valence-electron chi connectivity index (χ3n) is 2.44. The van der Waals surface area contributed by atoms with E-state index in [0.717, 1.165) is 24.9 Å². The molecule has 0 amide bonds. The van der Waals surface area contributed by atoms with Crippen molar-refractivity contribution in [3.05, 3.63) is 56.4 Å². The predicted octanol–water partition coefficient (Wildman–Crippen LogP) is 4.21. The fourth-order valence-electron chi connectivity index (χ4n) is 1.67. The van der Waals surface area contributed by atoms with Gasteiger partial charge in [-0.1, -0.05) is 23.9 Å². The number of fused-ring (bicyclic) bond motifs is 1. The molecule has 1 aromatic carbocycles. The van der Waals surface area contributed by atoms with Gasteiger partial charge in [0.05, 0.1) is 4.91 Å². The summed E-state index contributed by atoms with van der Waals surface area (Å²) in [6, 6.07) is 11.4. The van der Waals surface area contributed by atoms with Crippen molar-refractivity contribution in [1.29, 1.82) is 0 Å². The number of ketones is 1. The maximum Gasteiger partial charge on any atom is 0.200 e. The number of Topliss-reactive ketones (excluding diaryl/α,β-unsaturated/α-hetero) is 1. The Morgan fingerprint density at radius 1 is 1.18 bits per heavy atom. The Bertz CT molecular complexity index is 628. The molecule has 4 heteroatoms. The van der Waals surface area contributed by atoms with Gasteiger partial charge >= 0.3 is 0 Å². The molecule has 0 saturated carbocycles. The smallest absolute Gasteiger partial charge is 0.200 e. The Balaban J connectivity index is 1.99. The minimum Gasteiger partial charge on any atom is -0.451 e. The number of thioether (sulfide) groups is 1. The molecule has 0 atom stereocenters. The highest BCUT2D eigenvalue weighted by Gasteiger charge is 2.25. The molecule has 1 aromatic heterocycles. The number of furan rings is 1. The Kier molecular flexibility index (Phi) is 2.84. The van der Waals surface area contributed by atoms with Crippen LogP contribution in [0, 0.1) is 3.77 Å². The van der Waals surface area contributed by atoms with Gasteiger partial charge in [0.25, 0.3) is 0 Å². The quantitative estimate of drug-likeness (QED) is 0.568. The zero-order valence-corrected chi connectivity index (χ0v) is 11.6. The lowest BCUT2D eigenvalue weighted by atomic mass is 10.1. The van der Waals surface area contributed by atoms with E-state index in [1.165, 1.54) is 11.8 Å². The van der Waals surface area contributed by atoms with E-state index in [1.54, 1.807) is 6.08 Å². The molecular weight excluding hydrogens is 347 g/mol. The monoisotopic (exact) mass is 354 g/mol. The van der Waals surface area contributed by atoms with E-state index in [1.807, 2.05) is 36.4 Å². The van der Waals surface area contributed by atoms with E-state index < -0.39 is 0 Å². The van der Waals surface area contributed by atoms with Crippen LogP contribution in [0.1, 0.15) is 16.1 Å². The van der Waals surface area contributed by atoms with Crippen molar-refractivity contribution in [2.24, 2.45) is 0 Å². The molecule has 0 N–H and O–H groups in total. The van der Waals surface area contributed by atoms with Crippen molar-refractivity contribution in [2.75, 3.05) is 0 Å². The third kappa shape index (κ3) is 2.07. The number of benzene rings is 1. The van der Waals surface area contributed by atoms with E-state index in [4.69, 9.17) is 4.42 Å². The number of allylic oxidation sites excluding steroid dienone is 1. The van der Waals surface area contributed by atoms with Crippen molar-refractivity contribution in [3.8, 4) is 0 Å². The van der Waals surface area contributed by atoms with Gasteiger partial charge in [0, 0.05) is 10.5 Å². The van der Waals surface area contributed by atoms with Crippen LogP contribution in [0.3, 0.4) is 0 Å². The maximum atomic E-state index is 12.1. The second-order valence-corrected chi connectivity index (χ2v) is 5.72. The van der Waals surface area contributed by atoms with Gasteiger partial charge in [-0.05, 0) is 52.9 Å². The van der Waals surface area contributed by atoms with Crippen LogP contribution in [0.15, 0.2) is 50.6 Å². The number of hydrogen-bond acceptors (Lipinski definition) is 3. The molecule has 0 aliphatic carbocycles. The number of hydrogen-bond donors (Lipinski definition) is 0. The van der Waals surface area contributed by atoms with Crippen molar-refractivity contribution < 1.29 is 9.21 Å². The molecule has 2 aromatic rings. The Morgan fingerprint density at radius 3 is 2.71 bits per heavy atom. The topological polar surface area (TPSA) is 30.2 Å². The van der Waals surface area contributed by atoms with Gasteiger partial charge in [0.1, 0.15) is 5.76 Å². The van der Waals surface area contributed by atoms with E-state index >= 15 is 0 Å². The van der Waals surface area contributed by atoms with E-state index in [9.17, 15) is 4.79 Å². The Labute approximate surface area is 116 Å². The van der Waals surface area contributed by atoms with Gasteiger partial charge in [-0.25, -0.2) is 0 Å². The van der Waals surface area contributed by atoms with Crippen molar-refractivity contribution >= 4 is 46.2 Å². The summed E-state index contributed by atoms with van der Waals surface area (Å²) < 4.78 is 6.26. The average Bonchev–Trinajstić information content (AvgIpc) is 2.86. The molecule has 0 saturated heterocycles. The Morgan fingerprint density at radius 2 is 2.00 bits per heavy atom. The van der Waals surface area contributed by atoms with Crippen molar-refractivity contribution in [1.82, 2.24) is 0 Å². The molecule has 17 heavy (non-hydrogen) atoms. The molecule has 0 spiro atoms. The van der Waals surface area contributed by atoms with E-state index in [-0.39, 0.29) is 5.78 Å². The van der Waals surface area contributed by atoms with Gasteiger partial charge in [0.2, 0.25) is 5.78 Å². The maximum absolute atomic E-state index is 12.1. The Hall–Kier alpha value is -1.01. The first-order valence-electron chi connectivity index (χ1n) is 5.02. The van der Waals surface area contributed by atoms with Crippen LogP contribution in [-0.2, 0) is 0 Å². The normalized spacial score (nSPS) is 16.5. The molecule has 84 valence electrons. The van der Waals surface area contributed by atoms with Crippen LogP contribution in [0.5, 0.6) is 0 Å². The van der Waals surface area contributed by atoms with Gasteiger partial charge in [-0.15, -0.1) is 0 Å². The number of halogens is 1. The summed E-state index contributed by atoms with van der Waals surface area (Å²) in [6.07, 6.45) is 1.80. The van der Waals surface area contributed by atoms with Crippen molar-refractivity contribution in [3.63, 3.8) is 0 Å². The lowest BCUT2D eigenvalue weighted by molar-refractivity contribution is 0.104. The van der Waals surface area contributed by atoms with Gasteiger partial charge in [-0.3, -0.25) is 4.79 Å². The average molecular weight is 354 g/mol. The summed E-state index contributed by atoms with van der Waals surface area (Å²) >= 11 is 3.60. The highest BCUT2D eigenvalue weighted by atomic mass is 127. The number of carbonyl (C=O) groups is 1. The molecule has 2 nitrogen and oxygen atoms in total. The van der Waals surface area contributed by atoms with Gasteiger partial charge in [-0.2, -0.15) is 0 Å². The number of rotatable bonds is 1. The second-order valence-electron chi connectivity index (χ2n) is 3.58. The lowest BCUT2D eigenvalue weighted by Gasteiger charge is -1.91. The highest BCUT2D eigenvalue weighted by Crippen LogP contribution is 2.40. The first-order valence-corrected chi connectivity index (χ1v) is 6.92. The molecule has 0 unspecified atom stereocenters. The summed E-state index contributed by atoms with van der Waals surface area (Å²) in [5, 5.41) is 0. The lowest BCUT2D eigenvalue weighted by Crippen LogP contribution is -1.93. The van der Waals surface area contributed by atoms with E-state index in [0.29, 0.717) is 0 Å². The van der Waals surface area contributed by atoms with Crippen LogP contribution >= 0.6 is 34.4 Å². The number of carbonyl (C=O) groups excluding carboxylic acids is 1. The fraction of sp³-hybridized carbons (Fsp3) is 0. The summed E-state index contributed by atoms with van der Waals surface area (Å²) in [5.74, 6) is 0.801. The first-order chi connectivity index (χ1) is 8.24. The van der Waals surface area contributed by atoms with Crippen LogP contribution in [-0.4, -0.2) is 5.78 Å². The minimum atomic E-state index is 0.0806. The summed E-state index contributed by atoms with van der Waals surface area (Å²) in [6.45, 7) is 0. The van der Waals surface area contributed by atoms with Crippen molar-refractivity contribution in [2.45, 2.75) is 4.90 Å². The predicted molar refractivity (Wildman–Crippen MR) is 76.0 cm³/mol. The summed E-state index contributed by atoms with van der Waals surface area (Å²) in [5.41, 5.74) is 0.782. The van der Waals surface area contributed by atoms with Crippen LogP contribution in [0.25, 0.3) is 6.08 Å². The molecule has 0 bridgehead atoms. The molecular formula is C13H7IO2S. The minimum absolute atomic E-state index is 0.0806. The molecule has 3 rings (SSSR count). The third-order valence-corrected chi connectivity index (χ3v) is 4.12. The summed E-state index contributed by atoms with van der Waals surface area (Å²) in [7, 11) is 0. The molecule has 1 aliphatic heterocycles. The highest BCUT2D eigenvalue weighted by molar-refractivity contribution is 14.1. The molecule has 2 heterocycles. The zero-order chi connectivity index (χ0) is 11.8. The molecule has 0 radical (unpaired) electrons. The second kappa shape index (κ2) is 4.34. The molecule has 1 aliphatic rings. The van der Waals surface area contributed by atoms with Crippen LogP contribution in [0.4, 0.5) is 0 Å². The van der Waals surface area contributed by atoms with Gasteiger partial charge in [0.15, 0.2) is 3.77 Å². The largest absolute Gasteiger partial charge is 0.451 e. The van der Waals surface area contributed by atoms with Gasteiger partial charge < -0.3 is 4.42 Å². The fourth-order valence-corrected chi connectivity index (χ4v) is 3.14. The van der Waals surface area contributed by atoms with Crippen LogP contribution < -0.4 is 0 Å². The van der Waals surface area contributed by atoms with E-state index in [2.05, 4.69) is 22.6 Å². The van der Waals surface area contributed by atoms with Crippen LogP contribution in [0.2, 0.25) is 0 Å². The first kappa shape index (κ1) is 11.1. The zero-order valence-electron chi connectivity index (χ0n) is 8.64. The summed E-state index contributed by atoms with van der Waals surface area (Å²) in [4.78, 5) is 13.8. The molecule has 0 fully saturated rings. The SMILES string of the molecule is O=C1C(=Cc2ccc(I)o2)Sc2ccccc21. The standard InChI is InChI=1S/C13H7IO2S/c14-12-6-5-8(16-12)7-11-13(15)9-3-1-2-4-10(9)17-11/h1-7H.